The number of halogens is 1. The number of benzene rings is 2. The van der Waals surface area contributed by atoms with Crippen LogP contribution >= 0.6 is 15.9 Å². The molecule has 1 amide bonds. The molecule has 0 aromatic heterocycles. The Labute approximate surface area is 187 Å². The molecule has 5 nitrogen and oxygen atoms in total. The van der Waals surface area contributed by atoms with Crippen LogP contribution in [0, 0.1) is 5.92 Å². The summed E-state index contributed by atoms with van der Waals surface area (Å²) < 4.78 is 18.5. The van der Waals surface area contributed by atoms with Crippen LogP contribution in [0.2, 0.25) is 0 Å². The molecule has 162 valence electrons. The number of hydrogen-bond acceptors (Lipinski definition) is 4. The summed E-state index contributed by atoms with van der Waals surface area (Å²) in [5, 5.41) is 0. The van der Waals surface area contributed by atoms with Crippen molar-refractivity contribution in [1.29, 1.82) is 0 Å². The van der Waals surface area contributed by atoms with Crippen LogP contribution in [0.4, 0.5) is 4.79 Å². The molecule has 6 heteroatoms. The number of hydrogen-bond donors (Lipinski definition) is 0. The van der Waals surface area contributed by atoms with Crippen LogP contribution in [0.5, 0.6) is 11.5 Å². The highest BCUT2D eigenvalue weighted by Gasteiger charge is 2.27. The molecule has 30 heavy (non-hydrogen) atoms. The van der Waals surface area contributed by atoms with Gasteiger partial charge in [-0.1, -0.05) is 46.3 Å². The number of rotatable bonds is 6. The molecular weight excluding hydrogens is 446 g/mol. The molecule has 1 aliphatic heterocycles. The highest BCUT2D eigenvalue weighted by Crippen LogP contribution is 2.32. The minimum atomic E-state index is -0.464. The van der Waals surface area contributed by atoms with Gasteiger partial charge in [0.2, 0.25) is 0 Å². The Morgan fingerprint density at radius 1 is 1.03 bits per heavy atom. The zero-order valence-electron chi connectivity index (χ0n) is 17.9. The maximum Gasteiger partial charge on any atom is 0.410 e. The van der Waals surface area contributed by atoms with Crippen molar-refractivity contribution in [2.45, 2.75) is 45.8 Å². The third-order valence-electron chi connectivity index (χ3n) is 4.88. The van der Waals surface area contributed by atoms with Crippen molar-refractivity contribution >= 4 is 22.0 Å². The lowest BCUT2D eigenvalue weighted by Gasteiger charge is -2.33. The van der Waals surface area contributed by atoms with Crippen molar-refractivity contribution in [2.75, 3.05) is 19.7 Å². The van der Waals surface area contributed by atoms with Gasteiger partial charge in [-0.05, 0) is 63.3 Å². The van der Waals surface area contributed by atoms with E-state index in [1.54, 1.807) is 4.90 Å². The van der Waals surface area contributed by atoms with Crippen LogP contribution in [0.25, 0.3) is 0 Å². The Bertz CT molecular complexity index is 827. The minimum absolute atomic E-state index is 0.230. The molecule has 0 saturated carbocycles. The fourth-order valence-corrected chi connectivity index (χ4v) is 3.61. The van der Waals surface area contributed by atoms with E-state index in [4.69, 9.17) is 14.2 Å². The van der Waals surface area contributed by atoms with Crippen LogP contribution < -0.4 is 9.47 Å². The lowest BCUT2D eigenvalue weighted by Crippen LogP contribution is -2.42. The molecule has 0 atom stereocenters. The maximum atomic E-state index is 12.2. The normalized spacial score (nSPS) is 15.0. The molecular formula is C24H30BrNO4. The zero-order valence-corrected chi connectivity index (χ0v) is 19.5. The molecule has 1 saturated heterocycles. The van der Waals surface area contributed by atoms with E-state index in [0.717, 1.165) is 34.4 Å². The molecule has 0 N–H and O–H groups in total. The van der Waals surface area contributed by atoms with Gasteiger partial charge in [0.1, 0.15) is 12.2 Å². The van der Waals surface area contributed by atoms with Crippen LogP contribution in [0.15, 0.2) is 53.0 Å². The van der Waals surface area contributed by atoms with Crippen molar-refractivity contribution in [2.24, 2.45) is 5.92 Å². The summed E-state index contributed by atoms with van der Waals surface area (Å²) in [7, 11) is 0. The molecule has 0 unspecified atom stereocenters. The molecule has 2 aromatic carbocycles. The Balaban J connectivity index is 1.51. The Hall–Kier alpha value is -2.21. The Morgan fingerprint density at radius 2 is 1.73 bits per heavy atom. The van der Waals surface area contributed by atoms with Gasteiger partial charge in [0, 0.05) is 17.6 Å². The summed E-state index contributed by atoms with van der Waals surface area (Å²) in [5.41, 5.74) is 0.646. The molecule has 1 fully saturated rings. The van der Waals surface area contributed by atoms with E-state index in [1.165, 1.54) is 0 Å². The molecule has 2 aromatic rings. The number of nitrogens with zero attached hydrogens (tertiary/aromatic N) is 1. The summed E-state index contributed by atoms with van der Waals surface area (Å²) in [6, 6.07) is 15.9. The van der Waals surface area contributed by atoms with Gasteiger partial charge in [-0.15, -0.1) is 0 Å². The van der Waals surface area contributed by atoms with Crippen molar-refractivity contribution < 1.29 is 19.0 Å². The van der Waals surface area contributed by atoms with E-state index in [-0.39, 0.29) is 6.09 Å². The number of ether oxygens (including phenoxy) is 3. The van der Waals surface area contributed by atoms with Gasteiger partial charge < -0.3 is 19.1 Å². The smallest absolute Gasteiger partial charge is 0.410 e. The van der Waals surface area contributed by atoms with Crippen LogP contribution in [-0.2, 0) is 11.3 Å². The number of carbonyl (C=O) groups excluding carboxylic acids is 1. The standard InChI is InChI=1S/C24H30BrNO4/c1-24(2,3)30-23(27)26-13-11-19(12-14-26)17-28-21-10-9-20(25)15-22(21)29-16-18-7-5-4-6-8-18/h4-10,15,19H,11-14,16-17H2,1-3H3. The van der Waals surface area contributed by atoms with Crippen molar-refractivity contribution in [3.05, 3.63) is 58.6 Å². The van der Waals surface area contributed by atoms with Crippen LogP contribution in [-0.4, -0.2) is 36.3 Å². The topological polar surface area (TPSA) is 48.0 Å². The van der Waals surface area contributed by atoms with Gasteiger partial charge in [-0.2, -0.15) is 0 Å². The second kappa shape index (κ2) is 10.2. The van der Waals surface area contributed by atoms with Crippen molar-refractivity contribution in [1.82, 2.24) is 4.90 Å². The van der Waals surface area contributed by atoms with E-state index in [1.807, 2.05) is 69.3 Å². The van der Waals surface area contributed by atoms with Gasteiger partial charge in [0.15, 0.2) is 11.5 Å². The van der Waals surface area contributed by atoms with Gasteiger partial charge in [0.25, 0.3) is 0 Å². The molecule has 1 heterocycles. The van der Waals surface area contributed by atoms with E-state index >= 15 is 0 Å². The van der Waals surface area contributed by atoms with Gasteiger partial charge in [0.05, 0.1) is 6.61 Å². The van der Waals surface area contributed by atoms with Gasteiger partial charge >= 0.3 is 6.09 Å². The average molecular weight is 476 g/mol. The highest BCUT2D eigenvalue weighted by atomic mass is 79.9. The first-order valence-electron chi connectivity index (χ1n) is 10.4. The van der Waals surface area contributed by atoms with E-state index in [0.29, 0.717) is 32.2 Å². The summed E-state index contributed by atoms with van der Waals surface area (Å²) in [6.45, 7) is 8.15. The summed E-state index contributed by atoms with van der Waals surface area (Å²) in [4.78, 5) is 14.0. The molecule has 0 radical (unpaired) electrons. The second-order valence-corrected chi connectivity index (χ2v) is 9.50. The lowest BCUT2D eigenvalue weighted by molar-refractivity contribution is 0.0164. The quantitative estimate of drug-likeness (QED) is 0.509. The molecule has 0 aliphatic carbocycles. The highest BCUT2D eigenvalue weighted by molar-refractivity contribution is 9.10. The molecule has 0 bridgehead atoms. The minimum Gasteiger partial charge on any atom is -0.489 e. The zero-order chi connectivity index (χ0) is 21.6. The molecule has 3 rings (SSSR count). The van der Waals surface area contributed by atoms with E-state index < -0.39 is 5.60 Å². The summed E-state index contributed by atoms with van der Waals surface area (Å²) in [5.74, 6) is 1.86. The molecule has 1 aliphatic rings. The first-order valence-corrected chi connectivity index (χ1v) is 11.2. The predicted molar refractivity (Wildman–Crippen MR) is 121 cm³/mol. The van der Waals surface area contributed by atoms with Crippen LogP contribution in [0.3, 0.4) is 0 Å². The maximum absolute atomic E-state index is 12.2. The Kier molecular flexibility index (Phi) is 7.64. The fraction of sp³-hybridized carbons (Fsp3) is 0.458. The molecule has 0 spiro atoms. The number of likely N-dealkylation sites (tertiary alicyclic amines) is 1. The Morgan fingerprint density at radius 3 is 2.40 bits per heavy atom. The van der Waals surface area contributed by atoms with Crippen LogP contribution in [0.1, 0.15) is 39.2 Å². The third-order valence-corrected chi connectivity index (χ3v) is 5.38. The lowest BCUT2D eigenvalue weighted by atomic mass is 9.98. The predicted octanol–water partition coefficient (Wildman–Crippen LogP) is 6.05. The number of amides is 1. The first kappa shape index (κ1) is 22.5. The van der Waals surface area contributed by atoms with E-state index in [9.17, 15) is 4.79 Å². The summed E-state index contributed by atoms with van der Waals surface area (Å²) in [6.07, 6.45) is 1.57. The largest absolute Gasteiger partial charge is 0.489 e. The first-order chi connectivity index (χ1) is 14.3. The third kappa shape index (κ3) is 6.94. The SMILES string of the molecule is CC(C)(C)OC(=O)N1CCC(COc2ccc(Br)cc2OCc2ccccc2)CC1. The van der Waals surface area contributed by atoms with Gasteiger partial charge in [-0.3, -0.25) is 0 Å². The van der Waals surface area contributed by atoms with E-state index in [2.05, 4.69) is 15.9 Å². The van der Waals surface area contributed by atoms with Crippen molar-refractivity contribution in [3.63, 3.8) is 0 Å². The number of piperidine rings is 1. The van der Waals surface area contributed by atoms with Gasteiger partial charge in [-0.25, -0.2) is 4.79 Å². The monoisotopic (exact) mass is 475 g/mol. The number of carbonyl (C=O) groups is 1. The fourth-order valence-electron chi connectivity index (χ4n) is 3.27. The summed E-state index contributed by atoms with van der Waals surface area (Å²) >= 11 is 3.51. The second-order valence-electron chi connectivity index (χ2n) is 8.59. The van der Waals surface area contributed by atoms with Crippen molar-refractivity contribution in [3.8, 4) is 11.5 Å². The average Bonchev–Trinajstić information content (AvgIpc) is 2.71.